The zero-order valence-corrected chi connectivity index (χ0v) is 13.8. The van der Waals surface area contributed by atoms with Crippen molar-refractivity contribution in [2.75, 3.05) is 0 Å². The standard InChI is InChI=1S/C22H22N/c1-14-9-17-10-15-11-18(12-15)20(17)13-19(14)22-8-7-16-5-3-4-6-21(16)23(22)2/h3-9,13,15,18H,10-12H2,1-2H3/q+1. The topological polar surface area (TPSA) is 3.88 Å². The molecule has 0 radical (unpaired) electrons. The van der Waals surface area contributed by atoms with E-state index in [0.717, 1.165) is 11.8 Å². The van der Waals surface area contributed by atoms with Gasteiger partial charge >= 0.3 is 0 Å². The number of fused-ring (bicyclic) bond motifs is 1. The van der Waals surface area contributed by atoms with Gasteiger partial charge in [-0.25, -0.2) is 0 Å². The lowest BCUT2D eigenvalue weighted by Gasteiger charge is -2.43. The second-order valence-corrected chi connectivity index (χ2v) is 7.44. The van der Waals surface area contributed by atoms with Crippen molar-refractivity contribution >= 4 is 10.9 Å². The van der Waals surface area contributed by atoms with E-state index in [0.29, 0.717) is 0 Å². The van der Waals surface area contributed by atoms with Crippen LogP contribution in [0.2, 0.25) is 0 Å². The van der Waals surface area contributed by atoms with Crippen molar-refractivity contribution in [2.45, 2.75) is 32.1 Å². The Hall–Kier alpha value is -2.15. The lowest BCUT2D eigenvalue weighted by Crippen LogP contribution is -2.33. The van der Waals surface area contributed by atoms with Gasteiger partial charge in [0, 0.05) is 23.1 Å². The molecule has 1 saturated carbocycles. The number of nitrogens with zero attached hydrogens (tertiary/aromatic N) is 1. The Labute approximate surface area is 137 Å². The summed E-state index contributed by atoms with van der Waals surface area (Å²) >= 11 is 0. The smallest absolute Gasteiger partial charge is 0.194 e. The van der Waals surface area contributed by atoms with Gasteiger partial charge in [-0.2, -0.15) is 4.57 Å². The third-order valence-electron chi connectivity index (χ3n) is 6.03. The van der Waals surface area contributed by atoms with Crippen molar-refractivity contribution in [1.82, 2.24) is 0 Å². The molecule has 6 rings (SSSR count). The summed E-state index contributed by atoms with van der Waals surface area (Å²) in [5, 5.41) is 1.30. The summed E-state index contributed by atoms with van der Waals surface area (Å²) in [7, 11) is 2.19. The van der Waals surface area contributed by atoms with Gasteiger partial charge in [0.05, 0.1) is 0 Å². The molecule has 1 fully saturated rings. The van der Waals surface area contributed by atoms with Crippen LogP contribution in [0.5, 0.6) is 0 Å². The van der Waals surface area contributed by atoms with Crippen LogP contribution < -0.4 is 4.57 Å². The largest absolute Gasteiger partial charge is 0.213 e. The Morgan fingerprint density at radius 1 is 1.00 bits per heavy atom. The lowest BCUT2D eigenvalue weighted by molar-refractivity contribution is -0.633. The molecule has 3 aliphatic rings. The van der Waals surface area contributed by atoms with Crippen LogP contribution in [-0.2, 0) is 13.5 Å². The Kier molecular flexibility index (Phi) is 2.70. The maximum absolute atomic E-state index is 2.49. The van der Waals surface area contributed by atoms with Crippen molar-refractivity contribution < 1.29 is 4.57 Å². The van der Waals surface area contributed by atoms with Crippen LogP contribution in [0.3, 0.4) is 0 Å². The lowest BCUT2D eigenvalue weighted by atomic mass is 9.62. The van der Waals surface area contributed by atoms with Gasteiger partial charge in [-0.1, -0.05) is 18.2 Å². The number of hydrogen-bond acceptors (Lipinski definition) is 0. The highest BCUT2D eigenvalue weighted by molar-refractivity contribution is 5.78. The Morgan fingerprint density at radius 3 is 2.70 bits per heavy atom. The quantitative estimate of drug-likeness (QED) is 0.574. The van der Waals surface area contributed by atoms with E-state index >= 15 is 0 Å². The number of pyridine rings is 1. The number of aromatic nitrogens is 1. The molecule has 0 atom stereocenters. The van der Waals surface area contributed by atoms with Gasteiger partial charge in [0.1, 0.15) is 7.05 Å². The summed E-state index contributed by atoms with van der Waals surface area (Å²) in [4.78, 5) is 0. The van der Waals surface area contributed by atoms with Crippen molar-refractivity contribution in [1.29, 1.82) is 0 Å². The third kappa shape index (κ3) is 1.89. The van der Waals surface area contributed by atoms with Gasteiger partial charge in [0.25, 0.3) is 0 Å². The highest BCUT2D eigenvalue weighted by Gasteiger charge is 2.37. The van der Waals surface area contributed by atoms with Crippen molar-refractivity contribution in [3.63, 3.8) is 0 Å². The average molecular weight is 300 g/mol. The van der Waals surface area contributed by atoms with Crippen LogP contribution in [-0.4, -0.2) is 0 Å². The Bertz CT molecular complexity index is 932. The molecule has 1 heterocycles. The summed E-state index contributed by atoms with van der Waals surface area (Å²) < 4.78 is 2.34. The first-order valence-electron chi connectivity index (χ1n) is 8.72. The fourth-order valence-corrected chi connectivity index (χ4v) is 4.70. The second-order valence-electron chi connectivity index (χ2n) is 7.44. The van der Waals surface area contributed by atoms with E-state index in [9.17, 15) is 0 Å². The van der Waals surface area contributed by atoms with Crippen LogP contribution in [0.15, 0.2) is 48.5 Å². The van der Waals surface area contributed by atoms with Crippen LogP contribution in [0, 0.1) is 12.8 Å². The summed E-state index contributed by atoms with van der Waals surface area (Å²) in [6.07, 6.45) is 4.13. The fourth-order valence-electron chi connectivity index (χ4n) is 4.70. The maximum atomic E-state index is 2.49. The third-order valence-corrected chi connectivity index (χ3v) is 6.03. The summed E-state index contributed by atoms with van der Waals surface area (Å²) in [5.41, 5.74) is 8.68. The molecule has 114 valence electrons. The van der Waals surface area contributed by atoms with Crippen molar-refractivity contribution in [2.24, 2.45) is 13.0 Å². The maximum Gasteiger partial charge on any atom is 0.213 e. The normalized spacial score (nSPS) is 21.8. The van der Waals surface area contributed by atoms with Crippen molar-refractivity contribution in [3.05, 3.63) is 65.2 Å². The molecule has 23 heavy (non-hydrogen) atoms. The summed E-state index contributed by atoms with van der Waals surface area (Å²) in [6.45, 7) is 2.27. The molecule has 0 aliphatic heterocycles. The second kappa shape index (κ2) is 4.67. The van der Waals surface area contributed by atoms with Gasteiger partial charge in [0.15, 0.2) is 0 Å². The predicted octanol–water partition coefficient (Wildman–Crippen LogP) is 4.69. The molecule has 1 nitrogen and oxygen atoms in total. The zero-order chi connectivity index (χ0) is 15.6. The van der Waals surface area contributed by atoms with Gasteiger partial charge < -0.3 is 0 Å². The van der Waals surface area contributed by atoms with E-state index in [1.807, 2.05) is 0 Å². The predicted molar refractivity (Wildman–Crippen MR) is 94.5 cm³/mol. The Morgan fingerprint density at radius 2 is 1.83 bits per heavy atom. The van der Waals surface area contributed by atoms with Gasteiger partial charge in [0.2, 0.25) is 11.2 Å². The molecular formula is C22H22N+. The van der Waals surface area contributed by atoms with Crippen molar-refractivity contribution in [3.8, 4) is 11.3 Å². The number of aryl methyl sites for hydroxylation is 2. The minimum Gasteiger partial charge on any atom is -0.194 e. The number of hydrogen-bond donors (Lipinski definition) is 0. The summed E-state index contributed by atoms with van der Waals surface area (Å²) in [5.74, 6) is 1.79. The molecule has 0 saturated heterocycles. The first-order valence-corrected chi connectivity index (χ1v) is 8.72. The highest BCUT2D eigenvalue weighted by atomic mass is 14.9. The number of rotatable bonds is 1. The fraction of sp³-hybridized carbons (Fsp3) is 0.318. The van der Waals surface area contributed by atoms with E-state index in [2.05, 4.69) is 67.1 Å². The molecule has 3 aliphatic carbocycles. The van der Waals surface area contributed by atoms with Crippen LogP contribution in [0.1, 0.15) is 35.4 Å². The molecule has 1 aromatic heterocycles. The molecule has 0 amide bonds. The minimum atomic E-state index is 0.828. The Balaban J connectivity index is 1.73. The van der Waals surface area contributed by atoms with E-state index in [1.165, 1.54) is 47.0 Å². The molecule has 2 aromatic carbocycles. The summed E-state index contributed by atoms with van der Waals surface area (Å²) in [6, 6.07) is 18.1. The number of benzene rings is 2. The minimum absolute atomic E-state index is 0.828. The van der Waals surface area contributed by atoms with E-state index in [1.54, 1.807) is 11.1 Å². The molecule has 0 N–H and O–H groups in total. The monoisotopic (exact) mass is 300 g/mol. The van der Waals surface area contributed by atoms with Crippen LogP contribution in [0.4, 0.5) is 0 Å². The highest BCUT2D eigenvalue weighted by Crippen LogP contribution is 2.50. The van der Waals surface area contributed by atoms with Gasteiger partial charge in [-0.3, -0.25) is 0 Å². The molecule has 3 aromatic rings. The first kappa shape index (κ1) is 13.3. The molecule has 2 bridgehead atoms. The molecule has 1 heteroatoms. The SMILES string of the molecule is Cc1cc2c(cc1-c1ccc3ccccc3[n+]1C)C1CC(C2)C1. The van der Waals surface area contributed by atoms with Gasteiger partial charge in [-0.15, -0.1) is 0 Å². The molecular weight excluding hydrogens is 278 g/mol. The van der Waals surface area contributed by atoms with Crippen LogP contribution >= 0.6 is 0 Å². The van der Waals surface area contributed by atoms with E-state index < -0.39 is 0 Å². The first-order chi connectivity index (χ1) is 11.2. The van der Waals surface area contributed by atoms with Crippen LogP contribution in [0.25, 0.3) is 22.2 Å². The molecule has 0 spiro atoms. The van der Waals surface area contributed by atoms with E-state index in [4.69, 9.17) is 0 Å². The van der Waals surface area contributed by atoms with E-state index in [-0.39, 0.29) is 0 Å². The zero-order valence-electron chi connectivity index (χ0n) is 13.8. The average Bonchev–Trinajstić information content (AvgIpc) is 2.53. The van der Waals surface area contributed by atoms with Gasteiger partial charge in [-0.05, 0) is 72.9 Å². The molecule has 0 unspecified atom stereocenters. The number of para-hydroxylation sites is 1.